The van der Waals surface area contributed by atoms with Crippen LogP contribution < -0.4 is 20.3 Å². The third kappa shape index (κ3) is 8.48. The number of guanidine groups is 1. The summed E-state index contributed by atoms with van der Waals surface area (Å²) in [6.07, 6.45) is 4.76. The molecule has 1 aliphatic rings. The number of amides is 1. The molecule has 2 aromatic rings. The summed E-state index contributed by atoms with van der Waals surface area (Å²) in [5.41, 5.74) is 0. The molecule has 0 aliphatic carbocycles. The summed E-state index contributed by atoms with van der Waals surface area (Å²) in [5, 5.41) is 6.45. The lowest BCUT2D eigenvalue weighted by atomic mass is 10.3. The number of rotatable bonds is 9. The number of hydrogen-bond acceptors (Lipinski definition) is 6. The molecule has 10 heteroatoms. The Morgan fingerprint density at radius 1 is 1.03 bits per heavy atom. The van der Waals surface area contributed by atoms with Gasteiger partial charge in [0.15, 0.2) is 5.96 Å². The van der Waals surface area contributed by atoms with Crippen LogP contribution in [0.1, 0.15) is 12.8 Å². The van der Waals surface area contributed by atoms with Gasteiger partial charge in [-0.05, 0) is 24.6 Å². The largest absolute Gasteiger partial charge is 0.494 e. The van der Waals surface area contributed by atoms with Crippen molar-refractivity contribution in [1.82, 2.24) is 25.5 Å². The first-order valence-corrected chi connectivity index (χ1v) is 10.7. The second kappa shape index (κ2) is 14.4. The van der Waals surface area contributed by atoms with Crippen molar-refractivity contribution in [2.24, 2.45) is 4.99 Å². The van der Waals surface area contributed by atoms with Gasteiger partial charge in [-0.1, -0.05) is 18.2 Å². The molecule has 3 rings (SSSR count). The van der Waals surface area contributed by atoms with E-state index in [4.69, 9.17) is 4.74 Å². The van der Waals surface area contributed by atoms with Gasteiger partial charge in [-0.15, -0.1) is 24.0 Å². The van der Waals surface area contributed by atoms with Crippen molar-refractivity contribution in [2.45, 2.75) is 12.8 Å². The average molecular weight is 553 g/mol. The molecule has 1 saturated heterocycles. The minimum Gasteiger partial charge on any atom is -0.494 e. The maximum Gasteiger partial charge on any atom is 0.225 e. The smallest absolute Gasteiger partial charge is 0.225 e. The highest BCUT2D eigenvalue weighted by Crippen LogP contribution is 2.10. The second-order valence-corrected chi connectivity index (χ2v) is 7.11. The first-order valence-electron chi connectivity index (χ1n) is 10.7. The van der Waals surface area contributed by atoms with Gasteiger partial charge in [0.1, 0.15) is 5.75 Å². The van der Waals surface area contributed by atoms with E-state index < -0.39 is 0 Å². The van der Waals surface area contributed by atoms with Crippen LogP contribution in [0.15, 0.2) is 53.8 Å². The molecule has 0 saturated carbocycles. The van der Waals surface area contributed by atoms with E-state index in [1.807, 2.05) is 35.2 Å². The predicted molar refractivity (Wildman–Crippen MR) is 137 cm³/mol. The van der Waals surface area contributed by atoms with Crippen LogP contribution in [0.25, 0.3) is 0 Å². The number of carbonyl (C=O) groups is 1. The van der Waals surface area contributed by atoms with Gasteiger partial charge in [0.05, 0.1) is 6.61 Å². The minimum absolute atomic E-state index is 0. The number of halogens is 1. The standard InChI is InChI=1S/C22H31N7O2.HI/c1-23-21(24-12-6-18-31-19-7-3-2-4-8-19)25-13-9-20(30)28-14-16-29(17-15-28)22-26-10-5-11-27-22;/h2-5,7-8,10-11H,6,9,12-18H2,1H3,(H2,23,24,25);1H. The lowest BCUT2D eigenvalue weighted by molar-refractivity contribution is -0.131. The molecule has 0 radical (unpaired) electrons. The van der Waals surface area contributed by atoms with Gasteiger partial charge in [-0.3, -0.25) is 9.79 Å². The molecular formula is C22H32IN7O2. The molecule has 2 N–H and O–H groups in total. The zero-order valence-corrected chi connectivity index (χ0v) is 20.8. The van der Waals surface area contributed by atoms with E-state index in [2.05, 4.69) is 30.5 Å². The highest BCUT2D eigenvalue weighted by molar-refractivity contribution is 14.0. The van der Waals surface area contributed by atoms with E-state index in [-0.39, 0.29) is 29.9 Å². The fourth-order valence-corrected chi connectivity index (χ4v) is 3.26. The first kappa shape index (κ1) is 25.6. The van der Waals surface area contributed by atoms with Crippen molar-refractivity contribution in [1.29, 1.82) is 0 Å². The molecule has 0 spiro atoms. The van der Waals surface area contributed by atoms with Crippen LogP contribution >= 0.6 is 24.0 Å². The second-order valence-electron chi connectivity index (χ2n) is 7.11. The third-order valence-electron chi connectivity index (χ3n) is 4.95. The molecule has 1 aliphatic heterocycles. The Kier molecular flexibility index (Phi) is 11.6. The molecule has 2 heterocycles. The van der Waals surface area contributed by atoms with E-state index in [0.29, 0.717) is 38.6 Å². The lowest BCUT2D eigenvalue weighted by Crippen LogP contribution is -2.50. The summed E-state index contributed by atoms with van der Waals surface area (Å²) in [7, 11) is 1.72. The maximum absolute atomic E-state index is 12.5. The van der Waals surface area contributed by atoms with E-state index in [9.17, 15) is 4.79 Å². The molecule has 1 aromatic carbocycles. The van der Waals surface area contributed by atoms with Crippen LogP contribution in [-0.4, -0.2) is 79.7 Å². The molecule has 0 atom stereocenters. The van der Waals surface area contributed by atoms with E-state index >= 15 is 0 Å². The van der Waals surface area contributed by atoms with Crippen LogP contribution in [-0.2, 0) is 4.79 Å². The van der Waals surface area contributed by atoms with Crippen molar-refractivity contribution < 1.29 is 9.53 Å². The summed E-state index contributed by atoms with van der Waals surface area (Å²) >= 11 is 0. The number of benzene rings is 1. The Labute approximate surface area is 206 Å². The molecule has 0 bridgehead atoms. The molecule has 9 nitrogen and oxygen atoms in total. The minimum atomic E-state index is 0. The van der Waals surface area contributed by atoms with Crippen LogP contribution in [0, 0.1) is 0 Å². The highest BCUT2D eigenvalue weighted by Gasteiger charge is 2.22. The normalized spacial score (nSPS) is 13.8. The Bertz CT molecular complexity index is 816. The number of aliphatic imine (C=N–C) groups is 1. The van der Waals surface area contributed by atoms with Crippen molar-refractivity contribution in [3.8, 4) is 5.75 Å². The fraction of sp³-hybridized carbons (Fsp3) is 0.455. The summed E-state index contributed by atoms with van der Waals surface area (Å²) in [5.74, 6) is 2.44. The molecular weight excluding hydrogens is 521 g/mol. The van der Waals surface area contributed by atoms with E-state index in [1.165, 1.54) is 0 Å². The SMILES string of the molecule is CN=C(NCCCOc1ccccc1)NCCC(=O)N1CCN(c2ncccn2)CC1.I. The monoisotopic (exact) mass is 553 g/mol. The van der Waals surface area contributed by atoms with Gasteiger partial charge >= 0.3 is 0 Å². The quantitative estimate of drug-likeness (QED) is 0.212. The van der Waals surface area contributed by atoms with Crippen LogP contribution in [0.5, 0.6) is 5.75 Å². The summed E-state index contributed by atoms with van der Waals surface area (Å²) in [6, 6.07) is 11.6. The van der Waals surface area contributed by atoms with Gasteiger partial charge in [0.25, 0.3) is 0 Å². The Morgan fingerprint density at radius 3 is 2.41 bits per heavy atom. The number of nitrogens with one attached hydrogen (secondary N) is 2. The predicted octanol–water partition coefficient (Wildman–Crippen LogP) is 1.77. The Balaban J connectivity index is 0.00000363. The summed E-state index contributed by atoms with van der Waals surface area (Å²) in [4.78, 5) is 29.3. The maximum atomic E-state index is 12.5. The van der Waals surface area contributed by atoms with Crippen LogP contribution in [0.3, 0.4) is 0 Å². The first-order chi connectivity index (χ1) is 15.3. The van der Waals surface area contributed by atoms with Crippen LogP contribution in [0.4, 0.5) is 5.95 Å². The zero-order chi connectivity index (χ0) is 21.7. The van der Waals surface area contributed by atoms with Crippen molar-refractivity contribution in [2.75, 3.05) is 57.8 Å². The van der Waals surface area contributed by atoms with Crippen LogP contribution in [0.2, 0.25) is 0 Å². The summed E-state index contributed by atoms with van der Waals surface area (Å²) < 4.78 is 5.68. The fourth-order valence-electron chi connectivity index (χ4n) is 3.26. The molecule has 1 amide bonds. The number of para-hydroxylation sites is 1. The molecule has 174 valence electrons. The van der Waals surface area contributed by atoms with Gasteiger partial charge in [-0.25, -0.2) is 9.97 Å². The number of anilines is 1. The average Bonchev–Trinajstić information content (AvgIpc) is 2.84. The van der Waals surface area contributed by atoms with Gasteiger partial charge in [0, 0.05) is 65.1 Å². The van der Waals surface area contributed by atoms with Gasteiger partial charge in [-0.2, -0.15) is 0 Å². The number of ether oxygens (including phenoxy) is 1. The van der Waals surface area contributed by atoms with Crippen molar-refractivity contribution in [3.63, 3.8) is 0 Å². The number of aromatic nitrogens is 2. The van der Waals surface area contributed by atoms with Crippen molar-refractivity contribution in [3.05, 3.63) is 48.8 Å². The Hall–Kier alpha value is -2.63. The molecule has 0 unspecified atom stereocenters. The lowest BCUT2D eigenvalue weighted by Gasteiger charge is -2.34. The molecule has 32 heavy (non-hydrogen) atoms. The third-order valence-corrected chi connectivity index (χ3v) is 4.95. The topological polar surface area (TPSA) is 95.0 Å². The van der Waals surface area contributed by atoms with Gasteiger partial charge in [0.2, 0.25) is 11.9 Å². The van der Waals surface area contributed by atoms with Gasteiger partial charge < -0.3 is 25.2 Å². The number of nitrogens with zero attached hydrogens (tertiary/aromatic N) is 5. The number of hydrogen-bond donors (Lipinski definition) is 2. The number of piperazine rings is 1. The molecule has 1 aromatic heterocycles. The number of carbonyl (C=O) groups excluding carboxylic acids is 1. The van der Waals surface area contributed by atoms with Crippen molar-refractivity contribution >= 4 is 41.8 Å². The highest BCUT2D eigenvalue weighted by atomic mass is 127. The zero-order valence-electron chi connectivity index (χ0n) is 18.4. The molecule has 1 fully saturated rings. The van der Waals surface area contributed by atoms with E-state index in [1.54, 1.807) is 25.5 Å². The summed E-state index contributed by atoms with van der Waals surface area (Å²) in [6.45, 7) is 4.78. The van der Waals surface area contributed by atoms with E-state index in [0.717, 1.165) is 37.8 Å². The Morgan fingerprint density at radius 2 is 1.72 bits per heavy atom.